The van der Waals surface area contributed by atoms with Crippen LogP contribution >= 0.6 is 0 Å². The fraction of sp³-hybridized carbons (Fsp3) is 0.812. The molecule has 19 heavy (non-hydrogen) atoms. The van der Waals surface area contributed by atoms with Gasteiger partial charge in [0, 0.05) is 18.6 Å². The Morgan fingerprint density at radius 3 is 2.32 bits per heavy atom. The predicted octanol–water partition coefficient (Wildman–Crippen LogP) is 2.95. The van der Waals surface area contributed by atoms with Gasteiger partial charge in [0.25, 0.3) is 0 Å². The summed E-state index contributed by atoms with van der Waals surface area (Å²) in [6.45, 7) is 13.3. The van der Waals surface area contributed by atoms with E-state index in [1.807, 2.05) is 4.90 Å². The molecule has 0 bridgehead atoms. The van der Waals surface area contributed by atoms with E-state index in [1.165, 1.54) is 0 Å². The highest BCUT2D eigenvalue weighted by Gasteiger charge is 2.44. The van der Waals surface area contributed by atoms with E-state index in [0.29, 0.717) is 13.1 Å². The van der Waals surface area contributed by atoms with Crippen LogP contribution in [0.1, 0.15) is 53.4 Å². The molecule has 2 N–H and O–H groups in total. The standard InChI is InChI=1S/C16H30N2O/c1-6-11-18(15(3,4)5)14(19)16(12-17)9-7-13(2)8-10-16/h6,13H,1,7-12,17H2,2-5H3. The number of amides is 1. The van der Waals surface area contributed by atoms with Gasteiger partial charge < -0.3 is 10.6 Å². The fourth-order valence-electron chi connectivity index (χ4n) is 2.90. The van der Waals surface area contributed by atoms with E-state index in [2.05, 4.69) is 34.3 Å². The first-order chi connectivity index (χ1) is 8.77. The lowest BCUT2D eigenvalue weighted by Crippen LogP contribution is -2.55. The van der Waals surface area contributed by atoms with Crippen molar-refractivity contribution in [1.82, 2.24) is 4.90 Å². The molecule has 1 rings (SSSR count). The van der Waals surface area contributed by atoms with Gasteiger partial charge in [-0.25, -0.2) is 0 Å². The summed E-state index contributed by atoms with van der Waals surface area (Å²) in [6, 6.07) is 0. The van der Waals surface area contributed by atoms with Crippen LogP contribution in [0.15, 0.2) is 12.7 Å². The maximum absolute atomic E-state index is 13.0. The van der Waals surface area contributed by atoms with E-state index in [-0.39, 0.29) is 16.9 Å². The first-order valence-electron chi connectivity index (χ1n) is 7.40. The van der Waals surface area contributed by atoms with Crippen molar-refractivity contribution in [3.63, 3.8) is 0 Å². The summed E-state index contributed by atoms with van der Waals surface area (Å²) in [5.74, 6) is 0.935. The van der Waals surface area contributed by atoms with Gasteiger partial charge in [0.15, 0.2) is 0 Å². The second-order valence-electron chi connectivity index (χ2n) is 7.04. The largest absolute Gasteiger partial charge is 0.334 e. The summed E-state index contributed by atoms with van der Waals surface area (Å²) in [7, 11) is 0. The van der Waals surface area contributed by atoms with Crippen LogP contribution in [-0.4, -0.2) is 29.4 Å². The van der Waals surface area contributed by atoms with E-state index >= 15 is 0 Å². The van der Waals surface area contributed by atoms with Crippen LogP contribution in [0.5, 0.6) is 0 Å². The van der Waals surface area contributed by atoms with Crippen molar-refractivity contribution >= 4 is 5.91 Å². The van der Waals surface area contributed by atoms with Gasteiger partial charge in [0.1, 0.15) is 0 Å². The number of hydrogen-bond donors (Lipinski definition) is 1. The average molecular weight is 266 g/mol. The Morgan fingerprint density at radius 1 is 1.42 bits per heavy atom. The highest BCUT2D eigenvalue weighted by atomic mass is 16.2. The molecule has 0 aromatic heterocycles. The lowest BCUT2D eigenvalue weighted by Gasteiger charge is -2.45. The van der Waals surface area contributed by atoms with Crippen molar-refractivity contribution in [3.05, 3.63) is 12.7 Å². The molecule has 0 saturated heterocycles. The molecule has 0 aliphatic heterocycles. The van der Waals surface area contributed by atoms with Gasteiger partial charge in [-0.1, -0.05) is 13.0 Å². The number of nitrogens with two attached hydrogens (primary N) is 1. The van der Waals surface area contributed by atoms with Gasteiger partial charge in [-0.2, -0.15) is 0 Å². The lowest BCUT2D eigenvalue weighted by molar-refractivity contribution is -0.148. The molecule has 0 aromatic rings. The second-order valence-corrected chi connectivity index (χ2v) is 7.04. The monoisotopic (exact) mass is 266 g/mol. The number of carbonyl (C=O) groups excluding carboxylic acids is 1. The maximum atomic E-state index is 13.0. The molecule has 1 amide bonds. The zero-order chi connectivity index (χ0) is 14.7. The number of carbonyl (C=O) groups is 1. The van der Waals surface area contributed by atoms with Crippen LogP contribution in [0.2, 0.25) is 0 Å². The first kappa shape index (κ1) is 16.2. The fourth-order valence-corrected chi connectivity index (χ4v) is 2.90. The summed E-state index contributed by atoms with van der Waals surface area (Å²) in [5.41, 5.74) is 5.46. The Hall–Kier alpha value is -0.830. The molecule has 0 atom stereocenters. The Morgan fingerprint density at radius 2 is 1.95 bits per heavy atom. The number of nitrogens with zero attached hydrogens (tertiary/aromatic N) is 1. The Bertz CT molecular complexity index is 322. The minimum absolute atomic E-state index is 0.184. The van der Waals surface area contributed by atoms with Gasteiger partial charge in [-0.15, -0.1) is 6.58 Å². The topological polar surface area (TPSA) is 46.3 Å². The molecule has 3 nitrogen and oxygen atoms in total. The zero-order valence-corrected chi connectivity index (χ0v) is 13.0. The van der Waals surface area contributed by atoms with Crippen molar-refractivity contribution in [3.8, 4) is 0 Å². The molecule has 110 valence electrons. The quantitative estimate of drug-likeness (QED) is 0.795. The molecule has 1 fully saturated rings. The smallest absolute Gasteiger partial charge is 0.230 e. The summed E-state index contributed by atoms with van der Waals surface area (Å²) in [5, 5.41) is 0. The van der Waals surface area contributed by atoms with Gasteiger partial charge in [-0.05, 0) is 52.4 Å². The molecule has 0 aromatic carbocycles. The molecule has 0 spiro atoms. The van der Waals surface area contributed by atoms with E-state index < -0.39 is 0 Å². The second kappa shape index (κ2) is 6.08. The van der Waals surface area contributed by atoms with Gasteiger partial charge >= 0.3 is 0 Å². The van der Waals surface area contributed by atoms with E-state index in [0.717, 1.165) is 31.6 Å². The molecule has 3 heteroatoms. The zero-order valence-electron chi connectivity index (χ0n) is 13.0. The van der Waals surface area contributed by atoms with Crippen molar-refractivity contribution in [1.29, 1.82) is 0 Å². The Kier molecular flexibility index (Phi) is 5.19. The van der Waals surface area contributed by atoms with Crippen LogP contribution in [0.4, 0.5) is 0 Å². The highest BCUT2D eigenvalue weighted by molar-refractivity contribution is 5.84. The maximum Gasteiger partial charge on any atom is 0.230 e. The van der Waals surface area contributed by atoms with E-state index in [4.69, 9.17) is 5.73 Å². The van der Waals surface area contributed by atoms with Crippen molar-refractivity contribution in [2.75, 3.05) is 13.1 Å². The van der Waals surface area contributed by atoms with Crippen LogP contribution in [0.25, 0.3) is 0 Å². The van der Waals surface area contributed by atoms with Crippen LogP contribution in [0, 0.1) is 11.3 Å². The minimum atomic E-state index is -0.344. The first-order valence-corrected chi connectivity index (χ1v) is 7.40. The Labute approximate surface area is 118 Å². The molecule has 1 saturated carbocycles. The normalized spacial score (nSPS) is 27.9. The number of rotatable bonds is 4. The van der Waals surface area contributed by atoms with E-state index in [1.54, 1.807) is 6.08 Å². The van der Waals surface area contributed by atoms with Crippen LogP contribution in [0.3, 0.4) is 0 Å². The molecule has 0 heterocycles. The van der Waals surface area contributed by atoms with Crippen molar-refractivity contribution in [2.45, 2.75) is 58.9 Å². The van der Waals surface area contributed by atoms with Crippen LogP contribution < -0.4 is 5.73 Å². The van der Waals surface area contributed by atoms with Crippen LogP contribution in [-0.2, 0) is 4.79 Å². The molecular formula is C16H30N2O. The third kappa shape index (κ3) is 3.59. The SMILES string of the molecule is C=CCN(C(=O)C1(CN)CCC(C)CC1)C(C)(C)C. The average Bonchev–Trinajstić information content (AvgIpc) is 2.35. The predicted molar refractivity (Wildman–Crippen MR) is 80.8 cm³/mol. The van der Waals surface area contributed by atoms with E-state index in [9.17, 15) is 4.79 Å². The summed E-state index contributed by atoms with van der Waals surface area (Å²) < 4.78 is 0. The molecule has 0 radical (unpaired) electrons. The summed E-state index contributed by atoms with van der Waals surface area (Å²) in [6.07, 6.45) is 5.86. The van der Waals surface area contributed by atoms with Gasteiger partial charge in [0.2, 0.25) is 5.91 Å². The molecular weight excluding hydrogens is 236 g/mol. The number of hydrogen-bond acceptors (Lipinski definition) is 2. The van der Waals surface area contributed by atoms with Crippen molar-refractivity contribution in [2.24, 2.45) is 17.1 Å². The minimum Gasteiger partial charge on any atom is -0.334 e. The molecule has 1 aliphatic rings. The van der Waals surface area contributed by atoms with Gasteiger partial charge in [-0.3, -0.25) is 4.79 Å². The Balaban J connectivity index is 2.96. The lowest BCUT2D eigenvalue weighted by atomic mass is 9.69. The summed E-state index contributed by atoms with van der Waals surface area (Å²) >= 11 is 0. The van der Waals surface area contributed by atoms with Gasteiger partial charge in [0.05, 0.1) is 5.41 Å². The third-order valence-electron chi connectivity index (χ3n) is 4.44. The molecule has 1 aliphatic carbocycles. The summed E-state index contributed by atoms with van der Waals surface area (Å²) in [4.78, 5) is 14.9. The third-order valence-corrected chi connectivity index (χ3v) is 4.44. The molecule has 0 unspecified atom stereocenters. The highest BCUT2D eigenvalue weighted by Crippen LogP contribution is 2.40. The van der Waals surface area contributed by atoms with Crippen molar-refractivity contribution < 1.29 is 4.79 Å².